The van der Waals surface area contributed by atoms with E-state index in [9.17, 15) is 4.79 Å². The Balaban J connectivity index is 1.23. The first-order valence-corrected chi connectivity index (χ1v) is 9.46. The van der Waals surface area contributed by atoms with E-state index in [1.807, 2.05) is 47.5 Å². The lowest BCUT2D eigenvalue weighted by molar-refractivity contribution is -0.130. The van der Waals surface area contributed by atoms with Crippen molar-refractivity contribution in [1.29, 1.82) is 0 Å². The second-order valence-corrected chi connectivity index (χ2v) is 6.86. The fourth-order valence-corrected chi connectivity index (χ4v) is 3.55. The minimum absolute atomic E-state index is 0.0589. The molecular formula is C20H19N7O2. The summed E-state index contributed by atoms with van der Waals surface area (Å²) in [4.78, 5) is 25.4. The second-order valence-electron chi connectivity index (χ2n) is 6.86. The third-order valence-corrected chi connectivity index (χ3v) is 5.10. The summed E-state index contributed by atoms with van der Waals surface area (Å²) in [7, 11) is 0. The van der Waals surface area contributed by atoms with Crippen LogP contribution >= 0.6 is 0 Å². The van der Waals surface area contributed by atoms with Crippen molar-refractivity contribution in [2.75, 3.05) is 31.1 Å². The van der Waals surface area contributed by atoms with Crippen LogP contribution in [0.3, 0.4) is 0 Å². The van der Waals surface area contributed by atoms with Crippen molar-refractivity contribution in [3.8, 4) is 5.82 Å². The molecule has 29 heavy (non-hydrogen) atoms. The maximum atomic E-state index is 12.8. The summed E-state index contributed by atoms with van der Waals surface area (Å²) in [6.45, 7) is 2.69. The van der Waals surface area contributed by atoms with Crippen LogP contribution in [-0.4, -0.2) is 61.9 Å². The Labute approximate surface area is 166 Å². The molecule has 146 valence electrons. The summed E-state index contributed by atoms with van der Waals surface area (Å²) < 4.78 is 7.01. The lowest BCUT2D eigenvalue weighted by atomic mass is 10.1. The molecule has 0 atom stereocenters. The van der Waals surface area contributed by atoms with Crippen LogP contribution in [0.2, 0.25) is 0 Å². The Morgan fingerprint density at radius 1 is 1.03 bits per heavy atom. The molecule has 1 aromatic carbocycles. The Morgan fingerprint density at radius 2 is 1.86 bits per heavy atom. The number of hydrogen-bond acceptors (Lipinski definition) is 7. The number of para-hydroxylation sites is 1. The number of carbonyl (C=O) groups is 1. The minimum Gasteiger partial charge on any atom is -0.356 e. The highest BCUT2D eigenvalue weighted by Gasteiger charge is 2.24. The number of amides is 1. The van der Waals surface area contributed by atoms with Crippen LogP contribution in [0, 0.1) is 0 Å². The quantitative estimate of drug-likeness (QED) is 0.524. The average molecular weight is 389 g/mol. The molecule has 1 amide bonds. The van der Waals surface area contributed by atoms with Gasteiger partial charge in [0.2, 0.25) is 5.91 Å². The van der Waals surface area contributed by atoms with Gasteiger partial charge in [-0.15, -0.1) is 0 Å². The highest BCUT2D eigenvalue weighted by molar-refractivity contribution is 5.86. The van der Waals surface area contributed by atoms with Crippen LogP contribution < -0.4 is 4.90 Å². The summed E-state index contributed by atoms with van der Waals surface area (Å²) in [6.07, 6.45) is 5.34. The first-order chi connectivity index (χ1) is 14.3. The predicted octanol–water partition coefficient (Wildman–Crippen LogP) is 1.69. The molecule has 0 unspecified atom stereocenters. The van der Waals surface area contributed by atoms with Gasteiger partial charge in [0.15, 0.2) is 11.4 Å². The van der Waals surface area contributed by atoms with Crippen LogP contribution in [0.15, 0.2) is 59.6 Å². The Morgan fingerprint density at radius 3 is 2.69 bits per heavy atom. The number of benzene rings is 1. The van der Waals surface area contributed by atoms with E-state index in [4.69, 9.17) is 4.52 Å². The van der Waals surface area contributed by atoms with Crippen molar-refractivity contribution in [2.24, 2.45) is 0 Å². The van der Waals surface area contributed by atoms with E-state index in [0.29, 0.717) is 37.5 Å². The first-order valence-electron chi connectivity index (χ1n) is 9.46. The number of aromatic nitrogens is 5. The van der Waals surface area contributed by atoms with Gasteiger partial charge in [-0.2, -0.15) is 5.10 Å². The van der Waals surface area contributed by atoms with Gasteiger partial charge in [-0.05, 0) is 18.2 Å². The molecule has 0 radical (unpaired) electrons. The molecule has 1 aliphatic rings. The molecule has 1 aliphatic heterocycles. The Bertz CT molecular complexity index is 1130. The highest BCUT2D eigenvalue weighted by Crippen LogP contribution is 2.20. The van der Waals surface area contributed by atoms with Crippen molar-refractivity contribution in [3.63, 3.8) is 0 Å². The molecule has 0 spiro atoms. The molecule has 9 heteroatoms. The molecule has 0 saturated carbocycles. The van der Waals surface area contributed by atoms with Gasteiger partial charge in [0.05, 0.1) is 6.42 Å². The number of hydrogen-bond donors (Lipinski definition) is 0. The zero-order valence-corrected chi connectivity index (χ0v) is 15.7. The van der Waals surface area contributed by atoms with E-state index < -0.39 is 0 Å². The van der Waals surface area contributed by atoms with Crippen LogP contribution in [0.4, 0.5) is 5.82 Å². The van der Waals surface area contributed by atoms with E-state index in [1.54, 1.807) is 17.2 Å². The van der Waals surface area contributed by atoms with Gasteiger partial charge >= 0.3 is 0 Å². The zero-order valence-electron chi connectivity index (χ0n) is 15.7. The molecule has 0 N–H and O–H groups in total. The lowest BCUT2D eigenvalue weighted by Gasteiger charge is -2.35. The Hall–Kier alpha value is -3.75. The lowest BCUT2D eigenvalue weighted by Crippen LogP contribution is -2.49. The third kappa shape index (κ3) is 3.42. The van der Waals surface area contributed by atoms with Crippen molar-refractivity contribution in [1.82, 2.24) is 29.8 Å². The summed E-state index contributed by atoms with van der Waals surface area (Å²) in [5.74, 6) is 1.61. The first kappa shape index (κ1) is 17.4. The molecule has 9 nitrogen and oxygen atoms in total. The van der Waals surface area contributed by atoms with E-state index in [-0.39, 0.29) is 12.3 Å². The van der Waals surface area contributed by atoms with Crippen LogP contribution in [0.25, 0.3) is 16.8 Å². The predicted molar refractivity (Wildman–Crippen MR) is 106 cm³/mol. The van der Waals surface area contributed by atoms with E-state index >= 15 is 0 Å². The number of nitrogens with zero attached hydrogens (tertiary/aromatic N) is 7. The fourth-order valence-electron chi connectivity index (χ4n) is 3.55. The van der Waals surface area contributed by atoms with Gasteiger partial charge in [-0.25, -0.2) is 14.6 Å². The van der Waals surface area contributed by atoms with Gasteiger partial charge in [0.1, 0.15) is 17.8 Å². The number of anilines is 1. The SMILES string of the molecule is O=C(Cc1noc2ccccc12)N1CCN(c2cc(-n3cccn3)ncn2)CC1. The summed E-state index contributed by atoms with van der Waals surface area (Å²) in [5, 5.41) is 9.17. The number of carbonyl (C=O) groups excluding carboxylic acids is 1. The minimum atomic E-state index is 0.0589. The molecule has 0 aliphatic carbocycles. The van der Waals surface area contributed by atoms with Gasteiger partial charge in [-0.1, -0.05) is 17.3 Å². The van der Waals surface area contributed by atoms with Crippen LogP contribution in [0.1, 0.15) is 5.69 Å². The topological polar surface area (TPSA) is 93.2 Å². The standard InChI is InChI=1S/C20H19N7O2/c28-20(12-16-15-4-1-2-5-17(15)29-24-16)26-10-8-25(9-11-26)18-13-19(22-14-21-18)27-7-3-6-23-27/h1-7,13-14H,8-12H2. The second kappa shape index (κ2) is 7.34. The molecule has 5 rings (SSSR count). The van der Waals surface area contributed by atoms with Crippen molar-refractivity contribution in [2.45, 2.75) is 6.42 Å². The van der Waals surface area contributed by atoms with Crippen molar-refractivity contribution in [3.05, 3.63) is 60.8 Å². The molecule has 4 heterocycles. The average Bonchev–Trinajstić information content (AvgIpc) is 3.45. The molecule has 0 bridgehead atoms. The van der Waals surface area contributed by atoms with Crippen LogP contribution in [-0.2, 0) is 11.2 Å². The molecule has 1 saturated heterocycles. The van der Waals surface area contributed by atoms with Gasteiger partial charge in [-0.3, -0.25) is 4.79 Å². The maximum absolute atomic E-state index is 12.8. The van der Waals surface area contributed by atoms with Gasteiger partial charge in [0.25, 0.3) is 0 Å². The van der Waals surface area contributed by atoms with Gasteiger partial charge in [0, 0.05) is 50.0 Å². The van der Waals surface area contributed by atoms with E-state index in [1.165, 1.54) is 0 Å². The van der Waals surface area contributed by atoms with Crippen molar-refractivity contribution < 1.29 is 9.32 Å². The van der Waals surface area contributed by atoms with Gasteiger partial charge < -0.3 is 14.3 Å². The number of piperazine rings is 1. The summed E-state index contributed by atoms with van der Waals surface area (Å²) in [6, 6.07) is 11.4. The molecule has 4 aromatic rings. The van der Waals surface area contributed by atoms with E-state index in [0.717, 1.165) is 17.0 Å². The Kier molecular flexibility index (Phi) is 4.39. The third-order valence-electron chi connectivity index (χ3n) is 5.10. The summed E-state index contributed by atoms with van der Waals surface area (Å²) in [5.41, 5.74) is 1.39. The smallest absolute Gasteiger partial charge is 0.228 e. The largest absolute Gasteiger partial charge is 0.356 e. The molecular weight excluding hydrogens is 370 g/mol. The monoisotopic (exact) mass is 389 g/mol. The van der Waals surface area contributed by atoms with E-state index in [2.05, 4.69) is 25.1 Å². The molecule has 3 aromatic heterocycles. The zero-order chi connectivity index (χ0) is 19.6. The summed E-state index contributed by atoms with van der Waals surface area (Å²) >= 11 is 0. The number of rotatable bonds is 4. The molecule has 1 fully saturated rings. The number of fused-ring (bicyclic) bond motifs is 1. The van der Waals surface area contributed by atoms with Crippen LogP contribution in [0.5, 0.6) is 0 Å². The van der Waals surface area contributed by atoms with Crippen molar-refractivity contribution >= 4 is 22.7 Å². The highest BCUT2D eigenvalue weighted by atomic mass is 16.5. The normalized spacial score (nSPS) is 14.5. The fraction of sp³-hybridized carbons (Fsp3) is 0.250. The maximum Gasteiger partial charge on any atom is 0.228 e.